The zero-order chi connectivity index (χ0) is 19.3. The van der Waals surface area contributed by atoms with Crippen molar-refractivity contribution >= 4 is 35.0 Å². The van der Waals surface area contributed by atoms with Crippen molar-refractivity contribution < 1.29 is 19.0 Å². The first-order chi connectivity index (χ1) is 12.9. The second kappa shape index (κ2) is 7.60. The molecule has 4 rings (SSSR count). The fraction of sp³-hybridized carbons (Fsp3) is 0.474. The van der Waals surface area contributed by atoms with Gasteiger partial charge in [0.25, 0.3) is 0 Å². The zero-order valence-electron chi connectivity index (χ0n) is 15.5. The Morgan fingerprint density at radius 1 is 1.39 bits per heavy atom. The number of carboxylic acids is 1. The Bertz CT molecular complexity index is 990. The van der Waals surface area contributed by atoms with Crippen LogP contribution in [0, 0.1) is 5.82 Å². The maximum absolute atomic E-state index is 15.1. The van der Waals surface area contributed by atoms with Crippen molar-refractivity contribution in [2.24, 2.45) is 5.73 Å². The Balaban J connectivity index is 0.00000225. The van der Waals surface area contributed by atoms with Gasteiger partial charge in [0, 0.05) is 31.4 Å². The molecule has 7 nitrogen and oxygen atoms in total. The van der Waals surface area contributed by atoms with Crippen LogP contribution < -0.4 is 20.8 Å². The number of halogens is 2. The number of nitrogens with two attached hydrogens (primary N) is 1. The fourth-order valence-electron chi connectivity index (χ4n) is 3.80. The molecule has 2 aromatic rings. The van der Waals surface area contributed by atoms with Gasteiger partial charge in [-0.2, -0.15) is 0 Å². The van der Waals surface area contributed by atoms with Crippen LogP contribution in [0.15, 0.2) is 17.1 Å². The molecule has 9 heteroatoms. The fourth-order valence-corrected chi connectivity index (χ4v) is 3.80. The minimum absolute atomic E-state index is 0. The van der Waals surface area contributed by atoms with E-state index in [1.807, 2.05) is 4.90 Å². The average molecular weight is 412 g/mol. The van der Waals surface area contributed by atoms with E-state index in [4.69, 9.17) is 10.5 Å². The summed E-state index contributed by atoms with van der Waals surface area (Å²) in [6, 6.07) is 1.18. The van der Waals surface area contributed by atoms with Crippen molar-refractivity contribution in [2.45, 2.75) is 38.3 Å². The highest BCUT2D eigenvalue weighted by Gasteiger charge is 2.32. The van der Waals surface area contributed by atoms with Gasteiger partial charge in [-0.15, -0.1) is 12.4 Å². The summed E-state index contributed by atoms with van der Waals surface area (Å²) in [5.41, 5.74) is 5.70. The van der Waals surface area contributed by atoms with Gasteiger partial charge in [-0.25, -0.2) is 9.18 Å². The summed E-state index contributed by atoms with van der Waals surface area (Å²) in [7, 11) is 0. The minimum atomic E-state index is -1.32. The molecule has 1 saturated carbocycles. The molecule has 1 unspecified atom stereocenters. The number of anilines is 1. The smallest absolute Gasteiger partial charge is 0.341 e. The Hall–Kier alpha value is -2.32. The van der Waals surface area contributed by atoms with Crippen LogP contribution in [-0.2, 0) is 0 Å². The Kier molecular flexibility index (Phi) is 5.54. The molecule has 152 valence electrons. The molecule has 2 heterocycles. The third-order valence-corrected chi connectivity index (χ3v) is 5.20. The molecule has 1 aromatic heterocycles. The molecule has 0 spiro atoms. The molecule has 2 aliphatic rings. The zero-order valence-corrected chi connectivity index (χ0v) is 16.3. The standard InChI is InChI=1S/C19H22FN3O4.ClH/c1-2-27-18-15-12(7-14(20)16(18)22-6-5-10(21)8-22)17(24)13(19(25)26)9-23(15)11-3-4-11;/h7,9-11H,2-6,8,21H2,1H3,(H,25,26);1H. The number of fused-ring (bicyclic) bond motifs is 1. The van der Waals surface area contributed by atoms with Gasteiger partial charge in [0.1, 0.15) is 11.3 Å². The summed E-state index contributed by atoms with van der Waals surface area (Å²) in [5.74, 6) is -1.62. The van der Waals surface area contributed by atoms with Crippen LogP contribution in [-0.4, -0.2) is 41.4 Å². The van der Waals surface area contributed by atoms with E-state index in [2.05, 4.69) is 0 Å². The highest BCUT2D eigenvalue weighted by atomic mass is 35.5. The van der Waals surface area contributed by atoms with Crippen LogP contribution in [0.4, 0.5) is 10.1 Å². The molecule has 1 aromatic carbocycles. The molecule has 1 aliphatic carbocycles. The number of rotatable bonds is 5. The number of hydrogen-bond acceptors (Lipinski definition) is 5. The van der Waals surface area contributed by atoms with Crippen LogP contribution in [0.25, 0.3) is 10.9 Å². The summed E-state index contributed by atoms with van der Waals surface area (Å²) in [5, 5.41) is 9.43. The summed E-state index contributed by atoms with van der Waals surface area (Å²) in [4.78, 5) is 26.1. The quantitative estimate of drug-likeness (QED) is 0.784. The molecule has 1 saturated heterocycles. The van der Waals surface area contributed by atoms with E-state index in [0.29, 0.717) is 36.6 Å². The third-order valence-electron chi connectivity index (χ3n) is 5.20. The van der Waals surface area contributed by atoms with Gasteiger partial charge < -0.3 is 25.0 Å². The number of aromatic carboxylic acids is 1. The maximum Gasteiger partial charge on any atom is 0.341 e. The predicted molar refractivity (Wildman–Crippen MR) is 107 cm³/mol. The number of ether oxygens (including phenoxy) is 1. The lowest BCUT2D eigenvalue weighted by Crippen LogP contribution is -2.28. The first-order valence-electron chi connectivity index (χ1n) is 9.20. The molecule has 3 N–H and O–H groups in total. The summed E-state index contributed by atoms with van der Waals surface area (Å²) < 4.78 is 22.7. The topological polar surface area (TPSA) is 97.8 Å². The van der Waals surface area contributed by atoms with Crippen LogP contribution in [0.1, 0.15) is 42.6 Å². The number of pyridine rings is 1. The van der Waals surface area contributed by atoms with Crippen molar-refractivity contribution in [3.05, 3.63) is 33.9 Å². The highest BCUT2D eigenvalue weighted by Crippen LogP contribution is 2.44. The molecule has 0 bridgehead atoms. The van der Waals surface area contributed by atoms with E-state index in [9.17, 15) is 14.7 Å². The molecule has 28 heavy (non-hydrogen) atoms. The van der Waals surface area contributed by atoms with Crippen molar-refractivity contribution in [3.8, 4) is 5.75 Å². The van der Waals surface area contributed by atoms with Crippen molar-refractivity contribution in [2.75, 3.05) is 24.6 Å². The van der Waals surface area contributed by atoms with Gasteiger partial charge >= 0.3 is 5.97 Å². The van der Waals surface area contributed by atoms with Crippen molar-refractivity contribution in [1.29, 1.82) is 0 Å². The van der Waals surface area contributed by atoms with Gasteiger partial charge in [0.2, 0.25) is 5.43 Å². The number of benzene rings is 1. The number of nitrogens with zero attached hydrogens (tertiary/aromatic N) is 2. The summed E-state index contributed by atoms with van der Waals surface area (Å²) in [6.45, 7) is 3.19. The maximum atomic E-state index is 15.1. The number of hydrogen-bond donors (Lipinski definition) is 2. The Morgan fingerprint density at radius 3 is 2.64 bits per heavy atom. The SMILES string of the molecule is CCOc1c(N2CCC(N)C2)c(F)cc2c(=O)c(C(=O)O)cn(C3CC3)c12.Cl. The van der Waals surface area contributed by atoms with E-state index in [0.717, 1.165) is 25.3 Å². The second-order valence-electron chi connectivity index (χ2n) is 7.18. The van der Waals surface area contributed by atoms with Crippen LogP contribution in [0.3, 0.4) is 0 Å². The lowest BCUT2D eigenvalue weighted by molar-refractivity contribution is 0.0695. The van der Waals surface area contributed by atoms with Crippen LogP contribution >= 0.6 is 12.4 Å². The number of carbonyl (C=O) groups is 1. The lowest BCUT2D eigenvalue weighted by Gasteiger charge is -2.25. The van der Waals surface area contributed by atoms with Crippen molar-refractivity contribution in [1.82, 2.24) is 4.57 Å². The van der Waals surface area contributed by atoms with Gasteiger partial charge in [0.05, 0.1) is 17.5 Å². The molecular weight excluding hydrogens is 389 g/mol. The summed E-state index contributed by atoms with van der Waals surface area (Å²) >= 11 is 0. The first-order valence-corrected chi connectivity index (χ1v) is 9.20. The molecule has 2 fully saturated rings. The van der Waals surface area contributed by atoms with E-state index in [1.54, 1.807) is 11.5 Å². The lowest BCUT2D eigenvalue weighted by atomic mass is 10.1. The molecule has 1 aliphatic heterocycles. The average Bonchev–Trinajstić information content (AvgIpc) is 3.37. The second-order valence-corrected chi connectivity index (χ2v) is 7.18. The molecule has 0 amide bonds. The van der Waals surface area contributed by atoms with E-state index < -0.39 is 17.2 Å². The van der Waals surface area contributed by atoms with Gasteiger partial charge in [-0.3, -0.25) is 4.79 Å². The largest absolute Gasteiger partial charge is 0.489 e. The van der Waals surface area contributed by atoms with Gasteiger partial charge in [-0.1, -0.05) is 0 Å². The molecule has 0 radical (unpaired) electrons. The normalized spacial score (nSPS) is 19.0. The number of carboxylic acid groups (broad SMARTS) is 1. The van der Waals surface area contributed by atoms with E-state index in [1.165, 1.54) is 6.20 Å². The van der Waals surface area contributed by atoms with Crippen molar-refractivity contribution in [3.63, 3.8) is 0 Å². The Labute approximate surface area is 167 Å². The van der Waals surface area contributed by atoms with Gasteiger partial charge in [0.15, 0.2) is 11.6 Å². The molecular formula is C19H23ClFN3O4. The summed E-state index contributed by atoms with van der Waals surface area (Å²) in [6.07, 6.45) is 3.87. The van der Waals surface area contributed by atoms with Crippen LogP contribution in [0.5, 0.6) is 5.75 Å². The van der Waals surface area contributed by atoms with Gasteiger partial charge in [-0.05, 0) is 32.3 Å². The highest BCUT2D eigenvalue weighted by molar-refractivity contribution is 5.97. The monoisotopic (exact) mass is 411 g/mol. The number of aromatic nitrogens is 1. The third kappa shape index (κ3) is 3.31. The van der Waals surface area contributed by atoms with Crippen LogP contribution in [0.2, 0.25) is 0 Å². The molecule has 1 atom stereocenters. The Morgan fingerprint density at radius 2 is 2.11 bits per heavy atom. The first kappa shape index (κ1) is 20.4. The van der Waals surface area contributed by atoms with E-state index >= 15 is 4.39 Å². The van der Waals surface area contributed by atoms with E-state index in [-0.39, 0.29) is 35.4 Å². The minimum Gasteiger partial charge on any atom is -0.489 e. The predicted octanol–water partition coefficient (Wildman–Crippen LogP) is 2.53.